The molecule has 2 aromatic rings. The van der Waals surface area contributed by atoms with Gasteiger partial charge in [0.2, 0.25) is 0 Å². The third-order valence-corrected chi connectivity index (χ3v) is 3.82. The Morgan fingerprint density at radius 1 is 1.43 bits per heavy atom. The lowest BCUT2D eigenvalue weighted by Crippen LogP contribution is -2.29. The van der Waals surface area contributed by atoms with E-state index in [2.05, 4.69) is 5.43 Å². The highest BCUT2D eigenvalue weighted by atomic mass is 32.1. The van der Waals surface area contributed by atoms with E-state index in [1.54, 1.807) is 31.2 Å². The summed E-state index contributed by atoms with van der Waals surface area (Å²) in [5.41, 5.74) is 2.65. The first-order chi connectivity index (χ1) is 10.0. The molecule has 110 valence electrons. The summed E-state index contributed by atoms with van der Waals surface area (Å²) in [6, 6.07) is 8.00. The summed E-state index contributed by atoms with van der Waals surface area (Å²) in [5, 5.41) is 10.7. The normalized spacial score (nSPS) is 10.2. The first-order valence-electron chi connectivity index (χ1n) is 5.98. The number of nitro groups is 1. The highest BCUT2D eigenvalue weighted by Gasteiger charge is 2.11. The Balaban J connectivity index is 2.03. The number of nitrogen functional groups attached to an aromatic ring is 1. The maximum absolute atomic E-state index is 11.3. The third-order valence-electron chi connectivity index (χ3n) is 2.76. The number of carbonyl (C=O) groups is 1. The van der Waals surface area contributed by atoms with Gasteiger partial charge in [-0.15, -0.1) is 11.3 Å². The lowest BCUT2D eigenvalue weighted by atomic mass is 10.2. The predicted octanol–water partition coefficient (Wildman–Crippen LogP) is 2.15. The molecule has 0 spiro atoms. The zero-order valence-electron chi connectivity index (χ0n) is 11.2. The number of hydrogen-bond donors (Lipinski definition) is 2. The van der Waals surface area contributed by atoms with Crippen LogP contribution in [-0.4, -0.2) is 10.8 Å². The lowest BCUT2D eigenvalue weighted by Gasteiger charge is -2.05. The molecular weight excluding hydrogens is 294 g/mol. The molecule has 0 bridgehead atoms. The number of rotatable bonds is 5. The molecule has 0 unspecified atom stereocenters. The first kappa shape index (κ1) is 14.9. The van der Waals surface area contributed by atoms with Crippen molar-refractivity contribution < 1.29 is 14.5 Å². The lowest BCUT2D eigenvalue weighted by molar-refractivity contribution is -0.385. The molecule has 0 aliphatic carbocycles. The number of carbonyl (C=O) groups excluding carboxylic acids is 1. The number of hydrazine groups is 1. The summed E-state index contributed by atoms with van der Waals surface area (Å²) < 4.78 is 5.56. The van der Waals surface area contributed by atoms with Gasteiger partial charge in [-0.3, -0.25) is 20.3 Å². The minimum atomic E-state index is -0.434. The van der Waals surface area contributed by atoms with Gasteiger partial charge in [-0.05, 0) is 31.2 Å². The molecular formula is C13H13N3O4S. The smallest absolute Gasteiger partial charge is 0.275 e. The van der Waals surface area contributed by atoms with E-state index in [4.69, 9.17) is 10.6 Å². The van der Waals surface area contributed by atoms with Crippen LogP contribution in [0.3, 0.4) is 0 Å². The molecule has 7 nitrogen and oxygen atoms in total. The van der Waals surface area contributed by atoms with Crippen molar-refractivity contribution in [3.63, 3.8) is 0 Å². The largest absolute Gasteiger partial charge is 0.488 e. The number of nitrogens with zero attached hydrogens (tertiary/aromatic N) is 1. The number of benzene rings is 1. The molecule has 0 saturated heterocycles. The Morgan fingerprint density at radius 2 is 2.19 bits per heavy atom. The Hall–Kier alpha value is -2.45. The van der Waals surface area contributed by atoms with Crippen molar-refractivity contribution in [3.05, 3.63) is 55.8 Å². The van der Waals surface area contributed by atoms with Crippen molar-refractivity contribution in [2.75, 3.05) is 0 Å². The van der Waals surface area contributed by atoms with Gasteiger partial charge in [-0.25, -0.2) is 5.84 Å². The van der Waals surface area contributed by atoms with Gasteiger partial charge in [-0.1, -0.05) is 0 Å². The van der Waals surface area contributed by atoms with Crippen molar-refractivity contribution >= 4 is 22.9 Å². The molecule has 8 heteroatoms. The van der Waals surface area contributed by atoms with Gasteiger partial charge in [0.1, 0.15) is 12.4 Å². The van der Waals surface area contributed by atoms with Crippen molar-refractivity contribution in [2.24, 2.45) is 5.84 Å². The summed E-state index contributed by atoms with van der Waals surface area (Å²) in [6.45, 7) is 1.93. The van der Waals surface area contributed by atoms with Gasteiger partial charge in [0, 0.05) is 16.5 Å². The number of nitrogens with two attached hydrogens (primary N) is 1. The number of aryl methyl sites for hydroxylation is 1. The van der Waals surface area contributed by atoms with Crippen LogP contribution in [0.2, 0.25) is 0 Å². The quantitative estimate of drug-likeness (QED) is 0.381. The topological polar surface area (TPSA) is 107 Å². The Kier molecular flexibility index (Phi) is 4.51. The second-order valence-electron chi connectivity index (χ2n) is 4.23. The summed E-state index contributed by atoms with van der Waals surface area (Å²) in [6.07, 6.45) is 0. The van der Waals surface area contributed by atoms with Crippen LogP contribution >= 0.6 is 11.3 Å². The van der Waals surface area contributed by atoms with Crippen molar-refractivity contribution in [1.82, 2.24) is 5.43 Å². The van der Waals surface area contributed by atoms with Crippen LogP contribution in [0.5, 0.6) is 5.75 Å². The number of amides is 1. The Morgan fingerprint density at radius 3 is 2.81 bits per heavy atom. The molecule has 21 heavy (non-hydrogen) atoms. The van der Waals surface area contributed by atoms with Gasteiger partial charge in [0.05, 0.1) is 9.80 Å². The van der Waals surface area contributed by atoms with Crippen LogP contribution in [0.25, 0.3) is 0 Å². The van der Waals surface area contributed by atoms with Crippen molar-refractivity contribution in [1.29, 1.82) is 0 Å². The van der Waals surface area contributed by atoms with Gasteiger partial charge in [-0.2, -0.15) is 0 Å². The van der Waals surface area contributed by atoms with Crippen LogP contribution in [0.15, 0.2) is 30.3 Å². The highest BCUT2D eigenvalue weighted by molar-refractivity contribution is 7.14. The van der Waals surface area contributed by atoms with E-state index in [9.17, 15) is 14.9 Å². The molecule has 1 aromatic heterocycles. The predicted molar refractivity (Wildman–Crippen MR) is 78.1 cm³/mol. The Labute approximate surface area is 124 Å². The number of ether oxygens (including phenoxy) is 1. The molecule has 0 saturated carbocycles. The molecule has 0 radical (unpaired) electrons. The van der Waals surface area contributed by atoms with Crippen molar-refractivity contribution in [3.8, 4) is 5.75 Å². The Bertz CT molecular complexity index is 684. The molecule has 1 amide bonds. The van der Waals surface area contributed by atoms with Crippen LogP contribution in [-0.2, 0) is 6.61 Å². The molecule has 3 N–H and O–H groups in total. The summed E-state index contributed by atoms with van der Waals surface area (Å²) in [5.74, 6) is 5.24. The van der Waals surface area contributed by atoms with Gasteiger partial charge >= 0.3 is 0 Å². The van der Waals surface area contributed by atoms with E-state index in [-0.39, 0.29) is 18.2 Å². The van der Waals surface area contributed by atoms with E-state index in [0.717, 1.165) is 4.88 Å². The van der Waals surface area contributed by atoms with E-state index >= 15 is 0 Å². The molecule has 0 aliphatic heterocycles. The molecule has 0 aliphatic rings. The van der Waals surface area contributed by atoms with Crippen molar-refractivity contribution in [2.45, 2.75) is 13.5 Å². The van der Waals surface area contributed by atoms with E-state index in [1.165, 1.54) is 17.4 Å². The molecule has 1 aromatic carbocycles. The van der Waals surface area contributed by atoms with E-state index in [0.29, 0.717) is 16.2 Å². The zero-order valence-corrected chi connectivity index (χ0v) is 12.0. The van der Waals surface area contributed by atoms with Gasteiger partial charge in [0.25, 0.3) is 11.6 Å². The van der Waals surface area contributed by atoms with Crippen LogP contribution in [0.1, 0.15) is 20.1 Å². The second kappa shape index (κ2) is 6.33. The minimum Gasteiger partial charge on any atom is -0.488 e. The third kappa shape index (κ3) is 3.56. The maximum Gasteiger partial charge on any atom is 0.275 e. The summed E-state index contributed by atoms with van der Waals surface area (Å²) in [4.78, 5) is 23.0. The monoisotopic (exact) mass is 307 g/mol. The van der Waals surface area contributed by atoms with Crippen LogP contribution in [0, 0.1) is 17.0 Å². The average Bonchev–Trinajstić information content (AvgIpc) is 2.92. The number of thiophene rings is 1. The number of nitrogens with one attached hydrogen (secondary N) is 1. The first-order valence-corrected chi connectivity index (χ1v) is 6.80. The van der Waals surface area contributed by atoms with Crippen LogP contribution in [0.4, 0.5) is 5.69 Å². The molecule has 0 atom stereocenters. The van der Waals surface area contributed by atoms with Crippen LogP contribution < -0.4 is 16.0 Å². The minimum absolute atomic E-state index is 0.0559. The maximum atomic E-state index is 11.3. The van der Waals surface area contributed by atoms with E-state index in [1.807, 2.05) is 0 Å². The zero-order chi connectivity index (χ0) is 15.4. The SMILES string of the molecule is Cc1cc(OCc2ccc(C(=O)NN)s2)ccc1[N+](=O)[O-]. The summed E-state index contributed by atoms with van der Waals surface area (Å²) in [7, 11) is 0. The standard InChI is InChI=1S/C13H13N3O4S/c1-8-6-9(2-4-11(8)16(18)19)20-7-10-3-5-12(21-10)13(17)15-14/h2-6H,7,14H2,1H3,(H,15,17). The molecule has 0 fully saturated rings. The van der Waals surface area contributed by atoms with E-state index < -0.39 is 4.92 Å². The highest BCUT2D eigenvalue weighted by Crippen LogP contribution is 2.24. The summed E-state index contributed by atoms with van der Waals surface area (Å²) >= 11 is 1.27. The number of nitro benzene ring substituents is 1. The number of hydrogen-bond acceptors (Lipinski definition) is 6. The van der Waals surface area contributed by atoms with Gasteiger partial charge < -0.3 is 4.74 Å². The fraction of sp³-hybridized carbons (Fsp3) is 0.154. The fourth-order valence-corrected chi connectivity index (χ4v) is 2.55. The second-order valence-corrected chi connectivity index (χ2v) is 5.40. The fourth-order valence-electron chi connectivity index (χ4n) is 1.73. The molecule has 1 heterocycles. The van der Waals surface area contributed by atoms with Gasteiger partial charge in [0.15, 0.2) is 0 Å². The average molecular weight is 307 g/mol. The molecule has 2 rings (SSSR count).